The molecule has 0 bridgehead atoms. The Bertz CT molecular complexity index is 596. The van der Waals surface area contributed by atoms with Crippen molar-refractivity contribution < 1.29 is 4.79 Å². The molecule has 1 atom stereocenters. The number of nitrogens with zero attached hydrogens (tertiary/aromatic N) is 3. The summed E-state index contributed by atoms with van der Waals surface area (Å²) in [4.78, 5) is 21.2. The van der Waals surface area contributed by atoms with Crippen LogP contribution in [-0.2, 0) is 11.2 Å². The maximum absolute atomic E-state index is 12.3. The second-order valence-corrected chi connectivity index (χ2v) is 7.19. The molecule has 1 heterocycles. The molecule has 1 aromatic rings. The Morgan fingerprint density at radius 2 is 2.00 bits per heavy atom. The van der Waals surface area contributed by atoms with Gasteiger partial charge in [-0.2, -0.15) is 0 Å². The van der Waals surface area contributed by atoms with Crippen molar-refractivity contribution in [2.75, 3.05) is 52.9 Å². The molecule has 1 aliphatic heterocycles. The highest BCUT2D eigenvalue weighted by Gasteiger charge is 2.28. The number of carbonyl (C=O) groups excluding carboxylic acids is 1. The van der Waals surface area contributed by atoms with Crippen molar-refractivity contribution in [3.8, 4) is 0 Å². The van der Waals surface area contributed by atoms with Crippen molar-refractivity contribution in [2.45, 2.75) is 26.7 Å². The van der Waals surface area contributed by atoms with Gasteiger partial charge in [0.15, 0.2) is 5.96 Å². The van der Waals surface area contributed by atoms with Crippen LogP contribution in [0.5, 0.6) is 0 Å². The molecule has 0 radical (unpaired) electrons. The molecular weight excluding hydrogens is 465 g/mol. The molecule has 0 aromatic heterocycles. The lowest BCUT2D eigenvalue weighted by Crippen LogP contribution is -2.41. The lowest BCUT2D eigenvalue weighted by Gasteiger charge is -2.17. The number of likely N-dealkylation sites (N-methyl/N-ethyl adjacent to an activating group) is 1. The minimum atomic E-state index is 0. The number of aliphatic imine (C=N–C) groups is 1. The van der Waals surface area contributed by atoms with E-state index < -0.39 is 0 Å². The molecule has 1 amide bonds. The first-order chi connectivity index (χ1) is 13.1. The van der Waals surface area contributed by atoms with E-state index in [0.29, 0.717) is 18.9 Å². The van der Waals surface area contributed by atoms with E-state index in [1.807, 2.05) is 23.1 Å². The van der Waals surface area contributed by atoms with Gasteiger partial charge in [0, 0.05) is 51.6 Å². The third kappa shape index (κ3) is 8.77. The van der Waals surface area contributed by atoms with Crippen molar-refractivity contribution >= 4 is 35.8 Å². The van der Waals surface area contributed by atoms with Gasteiger partial charge in [0.1, 0.15) is 0 Å². The van der Waals surface area contributed by atoms with Gasteiger partial charge >= 0.3 is 0 Å². The number of guanidine groups is 1. The summed E-state index contributed by atoms with van der Waals surface area (Å²) < 4.78 is 0. The summed E-state index contributed by atoms with van der Waals surface area (Å²) >= 11 is 0. The Balaban J connectivity index is 0.00000392. The fraction of sp³-hybridized carbons (Fsp3) is 0.619. The van der Waals surface area contributed by atoms with Crippen LogP contribution in [0.1, 0.15) is 25.8 Å². The molecule has 1 fully saturated rings. The van der Waals surface area contributed by atoms with E-state index in [0.717, 1.165) is 51.6 Å². The normalized spacial score (nSPS) is 17.0. The molecule has 1 aliphatic rings. The largest absolute Gasteiger partial charge is 0.357 e. The Hall–Kier alpha value is -1.35. The molecule has 7 heteroatoms. The van der Waals surface area contributed by atoms with Gasteiger partial charge in [-0.1, -0.05) is 37.3 Å². The molecule has 1 unspecified atom stereocenters. The standard InChI is InChI=1S/C21H35N5O.HI/c1-4-22-21(23-12-14-25(3)5-2)24-16-19-15-20(27)26(17-19)13-11-18-9-7-6-8-10-18;/h6-10,19H,4-5,11-17H2,1-3H3,(H2,22,23,24);1H. The average Bonchev–Trinajstić information content (AvgIpc) is 3.04. The van der Waals surface area contributed by atoms with E-state index >= 15 is 0 Å². The highest BCUT2D eigenvalue weighted by atomic mass is 127. The minimum Gasteiger partial charge on any atom is -0.357 e. The van der Waals surface area contributed by atoms with Gasteiger partial charge in [-0.25, -0.2) is 0 Å². The molecule has 1 saturated heterocycles. The quantitative estimate of drug-likeness (QED) is 0.293. The third-order valence-corrected chi connectivity index (χ3v) is 4.99. The number of carbonyl (C=O) groups is 1. The molecule has 28 heavy (non-hydrogen) atoms. The predicted molar refractivity (Wildman–Crippen MR) is 127 cm³/mol. The van der Waals surface area contributed by atoms with Gasteiger partial charge in [0.05, 0.1) is 0 Å². The number of halogens is 1. The Labute approximate surface area is 187 Å². The van der Waals surface area contributed by atoms with Crippen LogP contribution in [-0.4, -0.2) is 74.5 Å². The topological polar surface area (TPSA) is 60.0 Å². The predicted octanol–water partition coefficient (Wildman–Crippen LogP) is 2.20. The zero-order chi connectivity index (χ0) is 19.5. The summed E-state index contributed by atoms with van der Waals surface area (Å²) in [5.41, 5.74) is 1.28. The van der Waals surface area contributed by atoms with Crippen LogP contribution in [0.2, 0.25) is 0 Å². The van der Waals surface area contributed by atoms with Crippen LogP contribution in [0.3, 0.4) is 0 Å². The lowest BCUT2D eigenvalue weighted by atomic mass is 10.1. The summed E-state index contributed by atoms with van der Waals surface area (Å²) in [6, 6.07) is 10.4. The summed E-state index contributed by atoms with van der Waals surface area (Å²) in [7, 11) is 2.11. The number of amides is 1. The molecule has 0 aliphatic carbocycles. The SMILES string of the molecule is CCNC(=NCC1CC(=O)N(CCc2ccccc2)C1)NCCN(C)CC.I. The van der Waals surface area contributed by atoms with E-state index in [-0.39, 0.29) is 29.9 Å². The summed E-state index contributed by atoms with van der Waals surface area (Å²) in [5, 5.41) is 6.67. The number of rotatable bonds is 10. The summed E-state index contributed by atoms with van der Waals surface area (Å²) in [6.07, 6.45) is 1.52. The third-order valence-electron chi connectivity index (χ3n) is 4.99. The minimum absolute atomic E-state index is 0. The maximum atomic E-state index is 12.3. The smallest absolute Gasteiger partial charge is 0.223 e. The second kappa shape index (κ2) is 13.8. The fourth-order valence-electron chi connectivity index (χ4n) is 3.19. The number of benzene rings is 1. The van der Waals surface area contributed by atoms with Gasteiger partial charge in [-0.3, -0.25) is 9.79 Å². The van der Waals surface area contributed by atoms with E-state index in [1.165, 1.54) is 5.56 Å². The highest BCUT2D eigenvalue weighted by Crippen LogP contribution is 2.18. The number of hydrogen-bond acceptors (Lipinski definition) is 3. The van der Waals surface area contributed by atoms with Crippen molar-refractivity contribution in [3.05, 3.63) is 35.9 Å². The molecule has 0 saturated carbocycles. The zero-order valence-corrected chi connectivity index (χ0v) is 19.8. The van der Waals surface area contributed by atoms with Gasteiger partial charge in [0.2, 0.25) is 5.91 Å². The first-order valence-corrected chi connectivity index (χ1v) is 10.1. The molecule has 2 rings (SSSR count). The van der Waals surface area contributed by atoms with Gasteiger partial charge in [-0.15, -0.1) is 24.0 Å². The van der Waals surface area contributed by atoms with Crippen LogP contribution < -0.4 is 10.6 Å². The monoisotopic (exact) mass is 501 g/mol. The van der Waals surface area contributed by atoms with Crippen LogP contribution in [0, 0.1) is 5.92 Å². The molecule has 0 spiro atoms. The Morgan fingerprint density at radius 3 is 2.68 bits per heavy atom. The Kier molecular flexibility index (Phi) is 12.1. The van der Waals surface area contributed by atoms with Gasteiger partial charge in [0.25, 0.3) is 0 Å². The average molecular weight is 501 g/mol. The van der Waals surface area contributed by atoms with Crippen molar-refractivity contribution in [3.63, 3.8) is 0 Å². The van der Waals surface area contributed by atoms with Crippen LogP contribution in [0.25, 0.3) is 0 Å². The van der Waals surface area contributed by atoms with Crippen LogP contribution >= 0.6 is 24.0 Å². The van der Waals surface area contributed by atoms with E-state index in [9.17, 15) is 4.79 Å². The van der Waals surface area contributed by atoms with Gasteiger partial charge < -0.3 is 20.4 Å². The van der Waals surface area contributed by atoms with Crippen molar-refractivity contribution in [1.82, 2.24) is 20.4 Å². The highest BCUT2D eigenvalue weighted by molar-refractivity contribution is 14.0. The van der Waals surface area contributed by atoms with Crippen molar-refractivity contribution in [1.29, 1.82) is 0 Å². The van der Waals surface area contributed by atoms with E-state index in [2.05, 4.69) is 48.6 Å². The van der Waals surface area contributed by atoms with Crippen molar-refractivity contribution in [2.24, 2.45) is 10.9 Å². The molecule has 6 nitrogen and oxygen atoms in total. The first-order valence-electron chi connectivity index (χ1n) is 10.1. The van der Waals surface area contributed by atoms with Crippen LogP contribution in [0.15, 0.2) is 35.3 Å². The second-order valence-electron chi connectivity index (χ2n) is 7.19. The molecule has 1 aromatic carbocycles. The maximum Gasteiger partial charge on any atom is 0.223 e. The lowest BCUT2D eigenvalue weighted by molar-refractivity contribution is -0.127. The first kappa shape index (κ1) is 24.7. The number of hydrogen-bond donors (Lipinski definition) is 2. The number of likely N-dealkylation sites (tertiary alicyclic amines) is 1. The Morgan fingerprint density at radius 1 is 1.25 bits per heavy atom. The molecular formula is C21H36IN5O. The van der Waals surface area contributed by atoms with Gasteiger partial charge in [-0.05, 0) is 32.5 Å². The number of nitrogens with one attached hydrogen (secondary N) is 2. The summed E-state index contributed by atoms with van der Waals surface area (Å²) in [5.74, 6) is 1.41. The summed E-state index contributed by atoms with van der Waals surface area (Å²) in [6.45, 7) is 10.2. The zero-order valence-electron chi connectivity index (χ0n) is 17.5. The molecule has 2 N–H and O–H groups in total. The molecule has 158 valence electrons. The fourth-order valence-corrected chi connectivity index (χ4v) is 3.19. The van der Waals surface area contributed by atoms with E-state index in [1.54, 1.807) is 0 Å². The van der Waals surface area contributed by atoms with E-state index in [4.69, 9.17) is 4.99 Å². The van der Waals surface area contributed by atoms with Crippen LogP contribution in [0.4, 0.5) is 0 Å².